The highest BCUT2D eigenvalue weighted by molar-refractivity contribution is 5.27. The van der Waals surface area contributed by atoms with Crippen LogP contribution in [0.2, 0.25) is 0 Å². The van der Waals surface area contributed by atoms with Gasteiger partial charge in [-0.15, -0.1) is 0 Å². The lowest BCUT2D eigenvalue weighted by Gasteiger charge is -2.11. The van der Waals surface area contributed by atoms with Gasteiger partial charge in [0.2, 0.25) is 0 Å². The molecule has 0 aromatic heterocycles. The van der Waals surface area contributed by atoms with Gasteiger partial charge in [0.05, 0.1) is 0 Å². The Bertz CT molecular complexity index is 266. The molecule has 0 bridgehead atoms. The molecule has 1 aromatic rings. The molecule has 1 aromatic carbocycles. The molecule has 0 aliphatic carbocycles. The van der Waals surface area contributed by atoms with Crippen LogP contribution in [0.3, 0.4) is 0 Å². The largest absolute Gasteiger partial charge is 0.396 e. The van der Waals surface area contributed by atoms with Crippen LogP contribution in [0.15, 0.2) is 24.3 Å². The Kier molecular flexibility index (Phi) is 3.49. The Morgan fingerprint density at radius 3 is 2.31 bits per heavy atom. The Balaban J connectivity index is 2.91. The number of aliphatic hydroxyl groups is 1. The van der Waals surface area contributed by atoms with E-state index in [4.69, 9.17) is 5.11 Å². The lowest BCUT2D eigenvalue weighted by atomic mass is 9.95. The van der Waals surface area contributed by atoms with Gasteiger partial charge in [-0.3, -0.25) is 0 Å². The molecule has 0 unspecified atom stereocenters. The average molecular weight is 178 g/mol. The maximum atomic E-state index is 9.02. The molecule has 0 radical (unpaired) electrons. The van der Waals surface area contributed by atoms with Gasteiger partial charge in [-0.2, -0.15) is 0 Å². The van der Waals surface area contributed by atoms with E-state index < -0.39 is 0 Å². The van der Waals surface area contributed by atoms with Gasteiger partial charge in [-0.25, -0.2) is 0 Å². The molecule has 0 amide bonds. The van der Waals surface area contributed by atoms with Crippen LogP contribution in [0.5, 0.6) is 0 Å². The van der Waals surface area contributed by atoms with Crippen LogP contribution in [0, 0.1) is 0 Å². The summed E-state index contributed by atoms with van der Waals surface area (Å²) in [6.45, 7) is 6.63. The minimum absolute atomic E-state index is 0.224. The third kappa shape index (κ3) is 2.56. The van der Waals surface area contributed by atoms with Crippen LogP contribution in [-0.4, -0.2) is 11.7 Å². The lowest BCUT2D eigenvalue weighted by molar-refractivity contribution is 0.273. The molecular formula is C12H18O. The number of benzene rings is 1. The Hall–Kier alpha value is -0.820. The van der Waals surface area contributed by atoms with E-state index in [0.717, 1.165) is 0 Å². The molecule has 0 saturated heterocycles. The van der Waals surface area contributed by atoms with Crippen molar-refractivity contribution < 1.29 is 5.11 Å². The highest BCUT2D eigenvalue weighted by atomic mass is 16.3. The first-order valence-corrected chi connectivity index (χ1v) is 4.86. The molecule has 0 aliphatic rings. The van der Waals surface area contributed by atoms with Crippen molar-refractivity contribution in [3.63, 3.8) is 0 Å². The molecule has 1 nitrogen and oxygen atoms in total. The normalized spacial score (nSPS) is 13.3. The molecule has 1 heteroatoms. The molecule has 13 heavy (non-hydrogen) atoms. The number of hydrogen-bond acceptors (Lipinski definition) is 1. The van der Waals surface area contributed by atoms with Crippen molar-refractivity contribution in [2.24, 2.45) is 0 Å². The third-order valence-corrected chi connectivity index (χ3v) is 2.42. The van der Waals surface area contributed by atoms with Crippen LogP contribution in [0.25, 0.3) is 0 Å². The van der Waals surface area contributed by atoms with E-state index in [1.807, 2.05) is 6.92 Å². The average Bonchev–Trinajstić information content (AvgIpc) is 2.17. The van der Waals surface area contributed by atoms with Gasteiger partial charge in [-0.05, 0) is 17.0 Å². The summed E-state index contributed by atoms with van der Waals surface area (Å²) in [7, 11) is 0. The van der Waals surface area contributed by atoms with E-state index in [9.17, 15) is 0 Å². The Labute approximate surface area is 80.4 Å². The van der Waals surface area contributed by atoms with Crippen molar-refractivity contribution in [1.82, 2.24) is 0 Å². The summed E-state index contributed by atoms with van der Waals surface area (Å²) in [5.41, 5.74) is 2.58. The third-order valence-electron chi connectivity index (χ3n) is 2.42. The van der Waals surface area contributed by atoms with Crippen LogP contribution in [0.1, 0.15) is 43.7 Å². The van der Waals surface area contributed by atoms with E-state index in [-0.39, 0.29) is 12.5 Å². The van der Waals surface area contributed by atoms with Crippen LogP contribution >= 0.6 is 0 Å². The summed E-state index contributed by atoms with van der Waals surface area (Å²) in [6, 6.07) is 8.47. The summed E-state index contributed by atoms with van der Waals surface area (Å²) in [4.78, 5) is 0. The first kappa shape index (κ1) is 10.3. The smallest absolute Gasteiger partial charge is 0.0497 e. The minimum Gasteiger partial charge on any atom is -0.396 e. The first-order valence-electron chi connectivity index (χ1n) is 4.86. The van der Waals surface area contributed by atoms with Crippen molar-refractivity contribution in [2.75, 3.05) is 6.61 Å². The highest BCUT2D eigenvalue weighted by Gasteiger charge is 2.05. The van der Waals surface area contributed by atoms with Crippen molar-refractivity contribution in [2.45, 2.75) is 32.6 Å². The SMILES string of the molecule is CC(C)c1cccc([C@H](C)CO)c1. The maximum Gasteiger partial charge on any atom is 0.0497 e. The summed E-state index contributed by atoms with van der Waals surface area (Å²) in [5.74, 6) is 0.810. The van der Waals surface area contributed by atoms with Gasteiger partial charge in [-0.1, -0.05) is 45.0 Å². The fraction of sp³-hybridized carbons (Fsp3) is 0.500. The zero-order valence-electron chi connectivity index (χ0n) is 8.62. The van der Waals surface area contributed by atoms with Gasteiger partial charge in [0.25, 0.3) is 0 Å². The summed E-state index contributed by atoms with van der Waals surface area (Å²) in [5, 5.41) is 9.02. The van der Waals surface area contributed by atoms with E-state index in [1.54, 1.807) is 0 Å². The summed E-state index contributed by atoms with van der Waals surface area (Å²) >= 11 is 0. The molecule has 0 saturated carbocycles. The summed E-state index contributed by atoms with van der Waals surface area (Å²) in [6.07, 6.45) is 0. The second-order valence-electron chi connectivity index (χ2n) is 3.91. The first-order chi connectivity index (χ1) is 6.15. The van der Waals surface area contributed by atoms with Crippen molar-refractivity contribution in [3.8, 4) is 0 Å². The van der Waals surface area contributed by atoms with Crippen LogP contribution in [0.4, 0.5) is 0 Å². The van der Waals surface area contributed by atoms with Crippen LogP contribution in [-0.2, 0) is 0 Å². The Morgan fingerprint density at radius 2 is 1.77 bits per heavy atom. The van der Waals surface area contributed by atoms with Crippen molar-refractivity contribution in [1.29, 1.82) is 0 Å². The number of rotatable bonds is 3. The molecule has 0 heterocycles. The zero-order valence-corrected chi connectivity index (χ0v) is 8.62. The molecule has 72 valence electrons. The lowest BCUT2D eigenvalue weighted by Crippen LogP contribution is -1.99. The quantitative estimate of drug-likeness (QED) is 0.754. The minimum atomic E-state index is 0.224. The van der Waals surface area contributed by atoms with E-state index in [0.29, 0.717) is 5.92 Å². The van der Waals surface area contributed by atoms with Crippen LogP contribution < -0.4 is 0 Å². The van der Waals surface area contributed by atoms with Crippen molar-refractivity contribution >= 4 is 0 Å². The highest BCUT2D eigenvalue weighted by Crippen LogP contribution is 2.20. The fourth-order valence-electron chi connectivity index (χ4n) is 1.33. The molecule has 0 aliphatic heterocycles. The van der Waals surface area contributed by atoms with Gasteiger partial charge in [0.15, 0.2) is 0 Å². The monoisotopic (exact) mass is 178 g/mol. The van der Waals surface area contributed by atoms with Gasteiger partial charge >= 0.3 is 0 Å². The molecular weight excluding hydrogens is 160 g/mol. The van der Waals surface area contributed by atoms with E-state index in [2.05, 4.69) is 38.1 Å². The van der Waals surface area contributed by atoms with E-state index >= 15 is 0 Å². The molecule has 0 spiro atoms. The van der Waals surface area contributed by atoms with Crippen molar-refractivity contribution in [3.05, 3.63) is 35.4 Å². The fourth-order valence-corrected chi connectivity index (χ4v) is 1.33. The van der Waals surface area contributed by atoms with Gasteiger partial charge in [0, 0.05) is 12.5 Å². The predicted octanol–water partition coefficient (Wildman–Crippen LogP) is 2.91. The number of aliphatic hydroxyl groups excluding tert-OH is 1. The second kappa shape index (κ2) is 4.43. The second-order valence-corrected chi connectivity index (χ2v) is 3.91. The Morgan fingerprint density at radius 1 is 1.15 bits per heavy atom. The van der Waals surface area contributed by atoms with Gasteiger partial charge < -0.3 is 5.11 Å². The molecule has 1 rings (SSSR count). The topological polar surface area (TPSA) is 20.2 Å². The maximum absolute atomic E-state index is 9.02. The van der Waals surface area contributed by atoms with E-state index in [1.165, 1.54) is 11.1 Å². The predicted molar refractivity (Wildman–Crippen MR) is 56.0 cm³/mol. The number of hydrogen-bond donors (Lipinski definition) is 1. The van der Waals surface area contributed by atoms with Gasteiger partial charge in [0.1, 0.15) is 0 Å². The zero-order chi connectivity index (χ0) is 9.84. The standard InChI is InChI=1S/C12H18O/c1-9(2)11-5-4-6-12(7-11)10(3)8-13/h4-7,9-10,13H,8H2,1-3H3/t10-/m1/s1. The molecule has 1 atom stereocenters. The molecule has 1 N–H and O–H groups in total. The summed E-state index contributed by atoms with van der Waals surface area (Å²) < 4.78 is 0. The molecule has 0 fully saturated rings.